The molecule has 2 N–H and O–H groups in total. The number of nitrogens with one attached hydrogen (secondary N) is 2. The van der Waals surface area contributed by atoms with Crippen molar-refractivity contribution in [2.75, 3.05) is 36.2 Å². The van der Waals surface area contributed by atoms with E-state index in [-0.39, 0.29) is 10.0 Å². The van der Waals surface area contributed by atoms with Crippen molar-refractivity contribution in [2.45, 2.75) is 25.2 Å². The Kier molecular flexibility index (Phi) is 9.00. The standard InChI is InChI=1S/C21H26ClN7O2S3/c1-4-19-25-26-20(33-19)27-34(30,31)17-8-6-16(7-9-17)24-21(32)29-12-10-28(11-13-29)18(23-5-2)14-15(3)22/h5-9,14H,2,4,10-13H2,1,3H3,(H,24,32)(H,26,27)/b15-14+,23-18?. The lowest BCUT2D eigenvalue weighted by atomic mass is 10.3. The molecule has 13 heteroatoms. The fraction of sp³-hybridized carbons (Fsp3) is 0.333. The van der Waals surface area contributed by atoms with Crippen LogP contribution in [0.4, 0.5) is 10.8 Å². The summed E-state index contributed by atoms with van der Waals surface area (Å²) in [6.07, 6.45) is 4.01. The molecule has 2 heterocycles. The molecule has 0 saturated carbocycles. The maximum atomic E-state index is 12.6. The Balaban J connectivity index is 1.57. The number of halogens is 1. The first-order chi connectivity index (χ1) is 16.2. The molecular formula is C21H26ClN7O2S3. The number of hydrogen-bond acceptors (Lipinski definition) is 7. The Morgan fingerprint density at radius 1 is 1.24 bits per heavy atom. The van der Waals surface area contributed by atoms with E-state index in [2.05, 4.69) is 41.6 Å². The van der Waals surface area contributed by atoms with Gasteiger partial charge in [-0.1, -0.05) is 36.4 Å². The van der Waals surface area contributed by atoms with Crippen LogP contribution in [0.5, 0.6) is 0 Å². The Labute approximate surface area is 214 Å². The summed E-state index contributed by atoms with van der Waals surface area (Å²) < 4.78 is 27.7. The molecule has 0 atom stereocenters. The summed E-state index contributed by atoms with van der Waals surface area (Å²) in [4.78, 5) is 8.61. The van der Waals surface area contributed by atoms with Crippen LogP contribution in [-0.2, 0) is 16.4 Å². The lowest BCUT2D eigenvalue weighted by Crippen LogP contribution is -2.51. The zero-order valence-corrected chi connectivity index (χ0v) is 22.1. The molecule has 0 amide bonds. The lowest BCUT2D eigenvalue weighted by molar-refractivity contribution is 0.262. The summed E-state index contributed by atoms with van der Waals surface area (Å²) >= 11 is 12.8. The number of anilines is 2. The molecular weight excluding hydrogens is 514 g/mol. The molecule has 0 unspecified atom stereocenters. The number of aryl methyl sites for hydroxylation is 1. The minimum absolute atomic E-state index is 0.127. The second-order valence-corrected chi connectivity index (χ2v) is 11.0. The number of aromatic nitrogens is 2. The molecule has 1 aromatic carbocycles. The van der Waals surface area contributed by atoms with Gasteiger partial charge in [0, 0.05) is 43.1 Å². The summed E-state index contributed by atoms with van der Waals surface area (Å²) in [5, 5.41) is 13.2. The Bertz CT molecular complexity index is 1180. The molecule has 2 aromatic rings. The van der Waals surface area contributed by atoms with E-state index in [1.165, 1.54) is 29.7 Å². The highest BCUT2D eigenvalue weighted by Gasteiger charge is 2.21. The van der Waals surface area contributed by atoms with Gasteiger partial charge in [0.25, 0.3) is 10.0 Å². The van der Waals surface area contributed by atoms with E-state index in [1.54, 1.807) is 19.1 Å². The van der Waals surface area contributed by atoms with Crippen LogP contribution in [0.1, 0.15) is 18.9 Å². The first-order valence-electron chi connectivity index (χ1n) is 10.5. The summed E-state index contributed by atoms with van der Waals surface area (Å²) in [7, 11) is -3.75. The number of aliphatic imine (C=N–C) groups is 1. The molecule has 1 saturated heterocycles. The van der Waals surface area contributed by atoms with Gasteiger partial charge in [0.2, 0.25) is 5.13 Å². The van der Waals surface area contributed by atoms with Crippen molar-refractivity contribution in [1.82, 2.24) is 20.0 Å². The molecule has 1 fully saturated rings. The van der Waals surface area contributed by atoms with Crippen LogP contribution in [0, 0.1) is 0 Å². The van der Waals surface area contributed by atoms with Gasteiger partial charge in [-0.2, -0.15) is 0 Å². The van der Waals surface area contributed by atoms with E-state index in [4.69, 9.17) is 23.8 Å². The maximum absolute atomic E-state index is 12.6. The van der Waals surface area contributed by atoms with Crippen LogP contribution in [0.3, 0.4) is 0 Å². The summed E-state index contributed by atoms with van der Waals surface area (Å²) in [6.45, 7) is 10.3. The van der Waals surface area contributed by atoms with Gasteiger partial charge in [-0.3, -0.25) is 4.72 Å². The van der Waals surface area contributed by atoms with Gasteiger partial charge in [0.05, 0.1) is 4.90 Å². The molecule has 1 aliphatic heterocycles. The van der Waals surface area contributed by atoms with Crippen molar-refractivity contribution in [2.24, 2.45) is 4.99 Å². The fourth-order valence-corrected chi connectivity index (χ4v) is 5.46. The third kappa shape index (κ3) is 6.98. The van der Waals surface area contributed by atoms with Gasteiger partial charge in [0.1, 0.15) is 10.8 Å². The van der Waals surface area contributed by atoms with Gasteiger partial charge in [-0.15, -0.1) is 10.2 Å². The number of sulfonamides is 1. The topological polar surface area (TPSA) is 103 Å². The molecule has 0 bridgehead atoms. The minimum atomic E-state index is -3.75. The molecule has 0 aliphatic carbocycles. The molecule has 34 heavy (non-hydrogen) atoms. The van der Waals surface area contributed by atoms with Crippen LogP contribution in [0.25, 0.3) is 0 Å². The summed E-state index contributed by atoms with van der Waals surface area (Å²) in [5.41, 5.74) is 0.699. The Morgan fingerprint density at radius 2 is 1.88 bits per heavy atom. The first-order valence-corrected chi connectivity index (χ1v) is 13.6. The third-order valence-corrected chi connectivity index (χ3v) is 7.79. The van der Waals surface area contributed by atoms with Gasteiger partial charge >= 0.3 is 0 Å². The molecule has 1 aliphatic rings. The number of benzene rings is 1. The summed E-state index contributed by atoms with van der Waals surface area (Å²) in [6, 6.07) is 6.40. The van der Waals surface area contributed by atoms with Crippen LogP contribution in [0.15, 0.2) is 58.0 Å². The van der Waals surface area contributed by atoms with Gasteiger partial charge in [-0.25, -0.2) is 13.4 Å². The number of allylic oxidation sites excluding steroid dienone is 1. The molecule has 1 aromatic heterocycles. The largest absolute Gasteiger partial charge is 0.353 e. The van der Waals surface area contributed by atoms with Crippen molar-refractivity contribution < 1.29 is 8.42 Å². The van der Waals surface area contributed by atoms with Gasteiger partial charge < -0.3 is 15.1 Å². The number of amidine groups is 1. The maximum Gasteiger partial charge on any atom is 0.263 e. The highest BCUT2D eigenvalue weighted by atomic mass is 35.5. The van der Waals surface area contributed by atoms with Crippen LogP contribution in [0.2, 0.25) is 0 Å². The molecule has 3 rings (SSSR count). The van der Waals surface area contributed by atoms with E-state index in [0.717, 1.165) is 23.9 Å². The van der Waals surface area contributed by atoms with Crippen molar-refractivity contribution >= 4 is 66.9 Å². The average Bonchev–Trinajstić information content (AvgIpc) is 3.26. The van der Waals surface area contributed by atoms with Crippen molar-refractivity contribution in [3.05, 3.63) is 53.2 Å². The normalized spacial score (nSPS) is 15.3. The predicted octanol–water partition coefficient (Wildman–Crippen LogP) is 3.90. The number of hydrogen-bond donors (Lipinski definition) is 2. The smallest absolute Gasteiger partial charge is 0.263 e. The highest BCUT2D eigenvalue weighted by Crippen LogP contribution is 2.21. The quantitative estimate of drug-likeness (QED) is 0.310. The predicted molar refractivity (Wildman–Crippen MR) is 143 cm³/mol. The van der Waals surface area contributed by atoms with E-state index in [9.17, 15) is 8.42 Å². The highest BCUT2D eigenvalue weighted by molar-refractivity contribution is 7.93. The van der Waals surface area contributed by atoms with Crippen molar-refractivity contribution in [3.8, 4) is 0 Å². The lowest BCUT2D eigenvalue weighted by Gasteiger charge is -2.37. The van der Waals surface area contributed by atoms with E-state index >= 15 is 0 Å². The average molecular weight is 540 g/mol. The van der Waals surface area contributed by atoms with E-state index in [0.29, 0.717) is 35.3 Å². The first kappa shape index (κ1) is 26.1. The monoisotopic (exact) mass is 539 g/mol. The van der Waals surface area contributed by atoms with Crippen LogP contribution >= 0.6 is 35.2 Å². The van der Waals surface area contributed by atoms with Crippen LogP contribution in [-0.4, -0.2) is 65.5 Å². The molecule has 0 radical (unpaired) electrons. The van der Waals surface area contributed by atoms with E-state index < -0.39 is 10.0 Å². The fourth-order valence-electron chi connectivity index (χ4n) is 3.15. The third-order valence-electron chi connectivity index (χ3n) is 4.85. The second-order valence-electron chi connectivity index (χ2n) is 7.29. The molecule has 182 valence electrons. The zero-order valence-electron chi connectivity index (χ0n) is 18.9. The number of nitrogens with zero attached hydrogens (tertiary/aromatic N) is 5. The van der Waals surface area contributed by atoms with Gasteiger partial charge in [-0.05, 0) is 55.9 Å². The van der Waals surface area contributed by atoms with Crippen molar-refractivity contribution in [1.29, 1.82) is 0 Å². The van der Waals surface area contributed by atoms with E-state index in [1.807, 2.05) is 13.0 Å². The summed E-state index contributed by atoms with van der Waals surface area (Å²) in [5.74, 6) is 0.769. The zero-order chi connectivity index (χ0) is 24.7. The van der Waals surface area contributed by atoms with Crippen LogP contribution < -0.4 is 10.0 Å². The number of rotatable bonds is 7. The number of piperazine rings is 1. The number of thiocarbonyl (C=S) groups is 1. The molecule has 9 nitrogen and oxygen atoms in total. The minimum Gasteiger partial charge on any atom is -0.353 e. The molecule has 0 spiro atoms. The van der Waals surface area contributed by atoms with Gasteiger partial charge in [0.15, 0.2) is 5.11 Å². The Morgan fingerprint density at radius 3 is 2.44 bits per heavy atom. The van der Waals surface area contributed by atoms with Crippen molar-refractivity contribution in [3.63, 3.8) is 0 Å². The second kappa shape index (κ2) is 11.7. The Hall–Kier alpha value is -2.54. The SMILES string of the molecule is C=CN=C(/C=C(\C)Cl)N1CCN(C(=S)Nc2ccc(S(=O)(=O)Nc3nnc(CC)s3)cc2)CC1.